The molecule has 0 saturated heterocycles. The third kappa shape index (κ3) is 3.43. The molecule has 0 aliphatic heterocycles. The van der Waals surface area contributed by atoms with Gasteiger partial charge < -0.3 is 9.47 Å². The average Bonchev–Trinajstić information content (AvgIpc) is 2.90. The maximum atomic E-state index is 12.7. The van der Waals surface area contributed by atoms with Crippen LogP contribution in [0, 0.1) is 0 Å². The Morgan fingerprint density at radius 2 is 1.67 bits per heavy atom. The molecule has 0 amide bonds. The van der Waals surface area contributed by atoms with Crippen LogP contribution >= 0.6 is 0 Å². The molecule has 3 aromatic rings. The van der Waals surface area contributed by atoms with Gasteiger partial charge in [-0.3, -0.25) is 9.13 Å². The molecule has 8 nitrogen and oxygen atoms in total. The maximum absolute atomic E-state index is 12.7. The van der Waals surface area contributed by atoms with Gasteiger partial charge in [0.25, 0.3) is 0 Å². The molecule has 0 spiro atoms. The van der Waals surface area contributed by atoms with Crippen LogP contribution in [0.4, 0.5) is 0 Å². The fraction of sp³-hybridized carbons (Fsp3) is 0.278. The lowest BCUT2D eigenvalue weighted by molar-refractivity contribution is 0.398. The van der Waals surface area contributed by atoms with E-state index in [2.05, 4.69) is 4.72 Å². The number of imidazole rings is 1. The number of hydrogen-bond donors (Lipinski definition) is 1. The molecule has 1 heterocycles. The normalized spacial score (nSPS) is 11.7. The highest BCUT2D eigenvalue weighted by molar-refractivity contribution is 7.89. The molecule has 144 valence electrons. The lowest BCUT2D eigenvalue weighted by Gasteiger charge is -2.12. The zero-order chi connectivity index (χ0) is 19.8. The predicted octanol–water partition coefficient (Wildman–Crippen LogP) is 1.37. The van der Waals surface area contributed by atoms with E-state index in [1.807, 2.05) is 0 Å². The second kappa shape index (κ2) is 7.09. The molecular weight excluding hydrogens is 370 g/mol. The number of aromatic nitrogens is 2. The summed E-state index contributed by atoms with van der Waals surface area (Å²) >= 11 is 0. The van der Waals surface area contributed by atoms with Crippen LogP contribution < -0.4 is 19.9 Å². The minimum Gasteiger partial charge on any atom is -0.497 e. The Morgan fingerprint density at radius 3 is 2.33 bits per heavy atom. The van der Waals surface area contributed by atoms with Crippen molar-refractivity contribution in [3.63, 3.8) is 0 Å². The molecule has 27 heavy (non-hydrogen) atoms. The highest BCUT2D eigenvalue weighted by Crippen LogP contribution is 2.24. The Balaban J connectivity index is 1.93. The SMILES string of the molecule is COc1ccc(OC)c(CNS(=O)(=O)c2ccc3c(c2)n(C)c(=O)n3C)c1. The van der Waals surface area contributed by atoms with Gasteiger partial charge in [0.05, 0.1) is 30.1 Å². The Hall–Kier alpha value is -2.78. The molecule has 0 aliphatic rings. The van der Waals surface area contributed by atoms with Crippen molar-refractivity contribution in [2.75, 3.05) is 14.2 Å². The Kier molecular flexibility index (Phi) is 4.99. The molecule has 0 atom stereocenters. The quantitative estimate of drug-likeness (QED) is 0.685. The molecule has 3 rings (SSSR count). The summed E-state index contributed by atoms with van der Waals surface area (Å²) in [5, 5.41) is 0. The van der Waals surface area contributed by atoms with Crippen LogP contribution in [0.3, 0.4) is 0 Å². The van der Waals surface area contributed by atoms with Gasteiger partial charge in [0.2, 0.25) is 10.0 Å². The fourth-order valence-electron chi connectivity index (χ4n) is 2.93. The summed E-state index contributed by atoms with van der Waals surface area (Å²) in [5.74, 6) is 1.16. The summed E-state index contributed by atoms with van der Waals surface area (Å²) in [5.41, 5.74) is 1.64. The van der Waals surface area contributed by atoms with Gasteiger partial charge in [-0.2, -0.15) is 0 Å². The summed E-state index contributed by atoms with van der Waals surface area (Å²) in [6.07, 6.45) is 0. The van der Waals surface area contributed by atoms with E-state index in [1.54, 1.807) is 38.4 Å². The van der Waals surface area contributed by atoms with Crippen molar-refractivity contribution in [2.24, 2.45) is 14.1 Å². The van der Waals surface area contributed by atoms with Gasteiger partial charge in [0.15, 0.2) is 0 Å². The first-order valence-electron chi connectivity index (χ1n) is 8.14. The van der Waals surface area contributed by atoms with E-state index in [9.17, 15) is 13.2 Å². The third-order valence-electron chi connectivity index (χ3n) is 4.49. The minimum atomic E-state index is -3.79. The van der Waals surface area contributed by atoms with Crippen LogP contribution in [0.1, 0.15) is 5.56 Å². The van der Waals surface area contributed by atoms with E-state index >= 15 is 0 Å². The Labute approximate surface area is 157 Å². The van der Waals surface area contributed by atoms with E-state index in [0.717, 1.165) is 0 Å². The molecule has 1 N–H and O–H groups in total. The number of ether oxygens (including phenoxy) is 2. The number of rotatable bonds is 6. The summed E-state index contributed by atoms with van der Waals surface area (Å²) in [6.45, 7) is 0.0362. The molecular formula is C18H21N3O5S. The smallest absolute Gasteiger partial charge is 0.328 e. The highest BCUT2D eigenvalue weighted by atomic mass is 32.2. The lowest BCUT2D eigenvalue weighted by Crippen LogP contribution is -2.23. The van der Waals surface area contributed by atoms with E-state index in [1.165, 1.54) is 35.5 Å². The zero-order valence-corrected chi connectivity index (χ0v) is 16.3. The van der Waals surface area contributed by atoms with Gasteiger partial charge in [-0.15, -0.1) is 0 Å². The second-order valence-corrected chi connectivity index (χ2v) is 7.82. The number of nitrogens with zero attached hydrogens (tertiary/aromatic N) is 2. The van der Waals surface area contributed by atoms with Crippen LogP contribution in [-0.2, 0) is 30.7 Å². The molecule has 0 bridgehead atoms. The van der Waals surface area contributed by atoms with Gasteiger partial charge >= 0.3 is 5.69 Å². The van der Waals surface area contributed by atoms with Crippen LogP contribution in [0.2, 0.25) is 0 Å². The summed E-state index contributed by atoms with van der Waals surface area (Å²) in [7, 11) is 2.52. The molecule has 0 unspecified atom stereocenters. The number of fused-ring (bicyclic) bond motifs is 1. The first kappa shape index (κ1) is 19.0. The summed E-state index contributed by atoms with van der Waals surface area (Å²) in [6, 6.07) is 9.76. The minimum absolute atomic E-state index is 0.0362. The summed E-state index contributed by atoms with van der Waals surface area (Å²) in [4.78, 5) is 12.1. The second-order valence-electron chi connectivity index (χ2n) is 6.05. The van der Waals surface area contributed by atoms with Crippen molar-refractivity contribution >= 4 is 21.1 Å². The van der Waals surface area contributed by atoms with Crippen molar-refractivity contribution in [3.8, 4) is 11.5 Å². The first-order chi connectivity index (χ1) is 12.8. The largest absolute Gasteiger partial charge is 0.497 e. The van der Waals surface area contributed by atoms with Crippen molar-refractivity contribution in [1.82, 2.24) is 13.9 Å². The van der Waals surface area contributed by atoms with E-state index in [-0.39, 0.29) is 17.1 Å². The topological polar surface area (TPSA) is 91.6 Å². The van der Waals surface area contributed by atoms with Crippen molar-refractivity contribution in [2.45, 2.75) is 11.4 Å². The number of hydrogen-bond acceptors (Lipinski definition) is 5. The third-order valence-corrected chi connectivity index (χ3v) is 5.89. The Bertz CT molecular complexity index is 1160. The van der Waals surface area contributed by atoms with Crippen LogP contribution in [-0.4, -0.2) is 31.8 Å². The number of nitrogens with one attached hydrogen (secondary N) is 1. The Morgan fingerprint density at radius 1 is 0.963 bits per heavy atom. The molecule has 2 aromatic carbocycles. The van der Waals surface area contributed by atoms with Gasteiger partial charge in [-0.25, -0.2) is 17.9 Å². The monoisotopic (exact) mass is 391 g/mol. The van der Waals surface area contributed by atoms with Gasteiger partial charge in [0, 0.05) is 26.2 Å². The average molecular weight is 391 g/mol. The molecule has 0 radical (unpaired) electrons. The molecule has 0 fully saturated rings. The maximum Gasteiger partial charge on any atom is 0.328 e. The standard InChI is InChI=1S/C18H21N3O5S/c1-20-15-7-6-14(10-16(15)21(2)18(20)22)27(23,24)19-11-12-9-13(25-3)5-8-17(12)26-4/h5-10,19H,11H2,1-4H3. The van der Waals surface area contributed by atoms with Crippen LogP contribution in [0.15, 0.2) is 46.1 Å². The highest BCUT2D eigenvalue weighted by Gasteiger charge is 2.18. The van der Waals surface area contributed by atoms with Gasteiger partial charge in [0.1, 0.15) is 11.5 Å². The van der Waals surface area contributed by atoms with Gasteiger partial charge in [-0.1, -0.05) is 0 Å². The number of methoxy groups -OCH3 is 2. The fourth-order valence-corrected chi connectivity index (χ4v) is 3.96. The van der Waals surface area contributed by atoms with E-state index in [0.29, 0.717) is 28.1 Å². The molecule has 1 aromatic heterocycles. The van der Waals surface area contributed by atoms with Crippen LogP contribution in [0.5, 0.6) is 11.5 Å². The molecule has 9 heteroatoms. The van der Waals surface area contributed by atoms with E-state index < -0.39 is 10.0 Å². The van der Waals surface area contributed by atoms with Crippen LogP contribution in [0.25, 0.3) is 11.0 Å². The van der Waals surface area contributed by atoms with Crippen molar-refractivity contribution < 1.29 is 17.9 Å². The molecule has 0 saturated carbocycles. The van der Waals surface area contributed by atoms with Crippen molar-refractivity contribution in [1.29, 1.82) is 0 Å². The van der Waals surface area contributed by atoms with Crippen molar-refractivity contribution in [3.05, 3.63) is 52.4 Å². The summed E-state index contributed by atoms with van der Waals surface area (Å²) < 4.78 is 41.4. The van der Waals surface area contributed by atoms with Gasteiger partial charge in [-0.05, 0) is 36.4 Å². The number of benzene rings is 2. The number of aryl methyl sites for hydroxylation is 2. The van der Waals surface area contributed by atoms with E-state index in [4.69, 9.17) is 9.47 Å². The number of sulfonamides is 1. The molecule has 0 aliphatic carbocycles. The zero-order valence-electron chi connectivity index (χ0n) is 15.5. The lowest BCUT2D eigenvalue weighted by atomic mass is 10.2. The predicted molar refractivity (Wildman–Crippen MR) is 102 cm³/mol. The first-order valence-corrected chi connectivity index (χ1v) is 9.63.